The summed E-state index contributed by atoms with van der Waals surface area (Å²) < 4.78 is 118. The molecule has 0 radical (unpaired) electrons. The molecule has 2 fully saturated rings. The number of halogens is 7. The number of ether oxygens (including phenoxy) is 3. The molecule has 9 nitrogen and oxygen atoms in total. The predicted molar refractivity (Wildman–Crippen MR) is 167 cm³/mol. The van der Waals surface area contributed by atoms with Gasteiger partial charge in [0.2, 0.25) is 11.5 Å². The predicted octanol–water partition coefficient (Wildman–Crippen LogP) is 6.26. The van der Waals surface area contributed by atoms with Gasteiger partial charge in [-0.05, 0) is 81.1 Å². The number of carbonyl (C=O) groups excluding carboxylic acids is 2. The maximum absolute atomic E-state index is 14.9. The second-order valence-electron chi connectivity index (χ2n) is 13.3. The summed E-state index contributed by atoms with van der Waals surface area (Å²) >= 11 is 0. The highest BCUT2D eigenvalue weighted by molar-refractivity contribution is 5.95. The Bertz CT molecular complexity index is 1820. The quantitative estimate of drug-likeness (QED) is 0.211. The summed E-state index contributed by atoms with van der Waals surface area (Å²) in [6, 6.07) is 9.09. The normalized spacial score (nSPS) is 20.9. The fraction of sp³-hybridized carbons (Fsp3) is 0.457. The van der Waals surface area contributed by atoms with Crippen molar-refractivity contribution in [3.05, 3.63) is 71.2 Å². The first kappa shape index (κ1) is 36.2. The van der Waals surface area contributed by atoms with Crippen molar-refractivity contribution < 1.29 is 59.6 Å². The number of benzene rings is 2. The minimum Gasteiger partial charge on any atom is -0.493 e. The molecule has 0 unspecified atom stereocenters. The third-order valence-corrected chi connectivity index (χ3v) is 9.69. The lowest BCUT2D eigenvalue weighted by molar-refractivity contribution is -0.265. The Balaban J connectivity index is 1.39. The van der Waals surface area contributed by atoms with Crippen LogP contribution in [0.1, 0.15) is 67.1 Å². The third kappa shape index (κ3) is 6.65. The molecule has 2 amide bonds. The van der Waals surface area contributed by atoms with Gasteiger partial charge in [-0.1, -0.05) is 12.8 Å². The van der Waals surface area contributed by atoms with Crippen molar-refractivity contribution in [3.8, 4) is 28.5 Å². The molecule has 274 valence electrons. The number of nitrogens with zero attached hydrogens (tertiary/aromatic N) is 1. The van der Waals surface area contributed by atoms with Crippen LogP contribution in [-0.2, 0) is 15.8 Å². The molecule has 16 heteroatoms. The van der Waals surface area contributed by atoms with Gasteiger partial charge in [0.05, 0.1) is 25.5 Å². The molecule has 3 N–H and O–H groups in total. The molecule has 3 aliphatic rings. The Kier molecular flexibility index (Phi) is 9.13. The molecular weight excluding hydrogens is 691 g/mol. The van der Waals surface area contributed by atoms with Crippen LogP contribution < -0.4 is 24.8 Å². The summed E-state index contributed by atoms with van der Waals surface area (Å²) in [4.78, 5) is 31.0. The second kappa shape index (κ2) is 12.9. The average molecular weight is 726 g/mol. The molecule has 2 aliphatic carbocycles. The number of aliphatic hydroxyl groups is 1. The molecule has 1 aliphatic heterocycles. The summed E-state index contributed by atoms with van der Waals surface area (Å²) in [7, 11) is 1.33. The number of aromatic nitrogens is 1. The number of hydrogen-bond acceptors (Lipinski definition) is 7. The van der Waals surface area contributed by atoms with Crippen molar-refractivity contribution in [2.75, 3.05) is 20.3 Å². The van der Waals surface area contributed by atoms with Crippen LogP contribution in [0.3, 0.4) is 0 Å². The fourth-order valence-corrected chi connectivity index (χ4v) is 6.32. The number of pyridine rings is 1. The van der Waals surface area contributed by atoms with E-state index in [1.807, 2.05) is 0 Å². The Morgan fingerprint density at radius 1 is 1.00 bits per heavy atom. The average Bonchev–Trinajstić information content (AvgIpc) is 3.64. The monoisotopic (exact) mass is 725 g/mol. The molecule has 1 aromatic heterocycles. The second-order valence-corrected chi connectivity index (χ2v) is 13.3. The molecule has 2 atom stereocenters. The smallest absolute Gasteiger partial charge is 0.424 e. The largest absolute Gasteiger partial charge is 0.493 e. The van der Waals surface area contributed by atoms with Crippen LogP contribution in [0, 0.1) is 5.82 Å². The minimum atomic E-state index is -5.50. The minimum absolute atomic E-state index is 0.00761. The van der Waals surface area contributed by atoms with E-state index in [1.54, 1.807) is 0 Å². The first-order valence-electron chi connectivity index (χ1n) is 16.2. The first-order valence-corrected chi connectivity index (χ1v) is 16.2. The lowest BCUT2D eigenvalue weighted by atomic mass is 9.80. The van der Waals surface area contributed by atoms with Gasteiger partial charge in [-0.3, -0.25) is 9.59 Å². The van der Waals surface area contributed by atoms with Crippen LogP contribution in [0.5, 0.6) is 17.2 Å². The molecule has 2 aromatic carbocycles. The van der Waals surface area contributed by atoms with E-state index in [0.717, 1.165) is 31.0 Å². The van der Waals surface area contributed by atoms with E-state index in [1.165, 1.54) is 44.4 Å². The number of alkyl halides is 6. The highest BCUT2D eigenvalue weighted by Crippen LogP contribution is 2.49. The van der Waals surface area contributed by atoms with Gasteiger partial charge >= 0.3 is 12.4 Å². The van der Waals surface area contributed by atoms with Crippen molar-refractivity contribution in [1.82, 2.24) is 15.6 Å². The van der Waals surface area contributed by atoms with Crippen molar-refractivity contribution in [2.45, 2.75) is 80.5 Å². The summed E-state index contributed by atoms with van der Waals surface area (Å²) in [5.41, 5.74) is -10.2. The van der Waals surface area contributed by atoms with Crippen molar-refractivity contribution in [1.29, 1.82) is 0 Å². The van der Waals surface area contributed by atoms with Crippen LogP contribution in [0.25, 0.3) is 11.3 Å². The zero-order valence-corrected chi connectivity index (χ0v) is 27.4. The lowest BCUT2D eigenvalue weighted by Gasteiger charge is -2.36. The summed E-state index contributed by atoms with van der Waals surface area (Å²) in [6.45, 7) is -0.831. The van der Waals surface area contributed by atoms with Crippen LogP contribution in [0.2, 0.25) is 0 Å². The molecule has 0 bridgehead atoms. The third-order valence-electron chi connectivity index (χ3n) is 9.69. The van der Waals surface area contributed by atoms with E-state index in [4.69, 9.17) is 14.2 Å². The van der Waals surface area contributed by atoms with Crippen LogP contribution >= 0.6 is 0 Å². The number of amides is 2. The van der Waals surface area contributed by atoms with Crippen LogP contribution in [-0.4, -0.2) is 66.2 Å². The highest BCUT2D eigenvalue weighted by Gasteiger charge is 2.60. The van der Waals surface area contributed by atoms with E-state index in [2.05, 4.69) is 15.6 Å². The van der Waals surface area contributed by atoms with Gasteiger partial charge in [-0.15, -0.1) is 0 Å². The maximum Gasteiger partial charge on any atom is 0.424 e. The molecular formula is C35H34F7N3O6. The van der Waals surface area contributed by atoms with E-state index in [0.29, 0.717) is 5.75 Å². The Morgan fingerprint density at radius 2 is 1.67 bits per heavy atom. The van der Waals surface area contributed by atoms with Crippen molar-refractivity contribution >= 4 is 11.8 Å². The Labute approximate surface area is 287 Å². The molecule has 51 heavy (non-hydrogen) atoms. The zero-order chi connectivity index (χ0) is 37.0. The number of hydrogen-bond donors (Lipinski definition) is 3. The Hall–Kier alpha value is -4.60. The molecule has 3 aromatic rings. The number of methoxy groups -OCH3 is 1. The molecule has 6 rings (SSSR count). The molecule has 2 heterocycles. The van der Waals surface area contributed by atoms with Crippen LogP contribution in [0.15, 0.2) is 48.5 Å². The van der Waals surface area contributed by atoms with E-state index in [-0.39, 0.29) is 65.7 Å². The van der Waals surface area contributed by atoms with Gasteiger partial charge in [0, 0.05) is 16.7 Å². The number of fused-ring (bicyclic) bond motifs is 1. The topological polar surface area (TPSA) is 119 Å². The van der Waals surface area contributed by atoms with E-state index < -0.39 is 65.4 Å². The number of carbonyl (C=O) groups is 2. The Morgan fingerprint density at radius 3 is 2.25 bits per heavy atom. The SMILES string of the molecule is COc1cc(C(=O)NC[C@](O)(c2cc3c(c(-c4ccc(F)cc4)n2)OC[C@]3(C)C(=O)NC2(C(F)(F)F)CCCC2)C(F)(F)F)ccc1OC1CC1. The van der Waals surface area contributed by atoms with Gasteiger partial charge in [0.1, 0.15) is 34.8 Å². The summed E-state index contributed by atoms with van der Waals surface area (Å²) in [5.74, 6) is -2.60. The van der Waals surface area contributed by atoms with Gasteiger partial charge < -0.3 is 30.0 Å². The summed E-state index contributed by atoms with van der Waals surface area (Å²) in [6.07, 6.45) is -9.02. The highest BCUT2D eigenvalue weighted by atomic mass is 19.4. The summed E-state index contributed by atoms with van der Waals surface area (Å²) in [5, 5.41) is 15.6. The van der Waals surface area contributed by atoms with Crippen LogP contribution in [0.4, 0.5) is 30.7 Å². The molecule has 2 saturated carbocycles. The van der Waals surface area contributed by atoms with E-state index >= 15 is 0 Å². The van der Waals surface area contributed by atoms with Gasteiger partial charge in [0.25, 0.3) is 5.91 Å². The van der Waals surface area contributed by atoms with E-state index in [9.17, 15) is 45.4 Å². The number of nitrogens with one attached hydrogen (secondary N) is 2. The van der Waals surface area contributed by atoms with Crippen molar-refractivity contribution in [3.63, 3.8) is 0 Å². The first-order chi connectivity index (χ1) is 23.9. The number of rotatable bonds is 10. The molecule has 0 saturated heterocycles. The lowest BCUT2D eigenvalue weighted by Crippen LogP contribution is -2.60. The fourth-order valence-electron chi connectivity index (χ4n) is 6.32. The zero-order valence-electron chi connectivity index (χ0n) is 27.4. The molecule has 0 spiro atoms. The van der Waals surface area contributed by atoms with Gasteiger partial charge in [-0.2, -0.15) is 26.3 Å². The maximum atomic E-state index is 14.9. The van der Waals surface area contributed by atoms with Gasteiger partial charge in [-0.25, -0.2) is 9.37 Å². The van der Waals surface area contributed by atoms with Gasteiger partial charge in [0.15, 0.2) is 11.5 Å². The van der Waals surface area contributed by atoms with Crippen molar-refractivity contribution in [2.24, 2.45) is 0 Å². The standard InChI is InChI=1S/C35H34F7N3O6/c1-31(30(47)45-32(34(37,38)39)13-3-4-14-32)18-50-28-23(31)16-26(44-27(28)19-5-8-21(36)9-6-19)33(48,35(40,41)42)17-43-29(46)20-7-12-24(25(15-20)49-2)51-22-10-11-22/h5-9,12,15-16,22,48H,3-4,10-11,13-14,17-18H2,1-2H3,(H,43,46)(H,45,47)/t31-,33-/m0/s1.